The molecule has 63 heavy (non-hydrogen) atoms. The highest BCUT2D eigenvalue weighted by atomic mass is 32.2. The topological polar surface area (TPSA) is 151 Å². The molecule has 0 unspecified atom stereocenters. The number of ether oxygens (including phenoxy) is 2. The van der Waals surface area contributed by atoms with Gasteiger partial charge >= 0.3 is 17.4 Å². The number of aliphatic carboxylic acids is 2. The first-order valence-corrected chi connectivity index (χ1v) is 21.4. The Morgan fingerprint density at radius 1 is 0.571 bits per heavy atom. The van der Waals surface area contributed by atoms with E-state index in [-0.39, 0.29) is 28.8 Å². The van der Waals surface area contributed by atoms with Gasteiger partial charge in [0.25, 0.3) is 11.8 Å². The molecule has 2 fully saturated rings. The largest absolute Gasteiger partial charge is 0.487 e. The van der Waals surface area contributed by atoms with Gasteiger partial charge in [0.15, 0.2) is 0 Å². The third-order valence-electron chi connectivity index (χ3n) is 11.0. The molecule has 0 bridgehead atoms. The molecule has 0 aromatic heterocycles. The summed E-state index contributed by atoms with van der Waals surface area (Å²) in [5.74, 6) is -2.26. The van der Waals surface area contributed by atoms with Gasteiger partial charge in [0.1, 0.15) is 35.8 Å². The van der Waals surface area contributed by atoms with Crippen LogP contribution < -0.4 is 20.1 Å². The van der Waals surface area contributed by atoms with E-state index in [1.165, 1.54) is 24.3 Å². The molecule has 8 rings (SSSR count). The van der Waals surface area contributed by atoms with Crippen LogP contribution in [0.2, 0.25) is 0 Å². The van der Waals surface area contributed by atoms with Crippen molar-refractivity contribution in [1.29, 1.82) is 0 Å². The Balaban J connectivity index is 0.000000204. The van der Waals surface area contributed by atoms with Crippen molar-refractivity contribution in [3.05, 3.63) is 150 Å². The molecule has 2 saturated carbocycles. The highest BCUT2D eigenvalue weighted by Gasteiger charge is 2.47. The summed E-state index contributed by atoms with van der Waals surface area (Å²) in [7, 11) is 0. The lowest BCUT2D eigenvalue weighted by Gasteiger charge is -2.38. The molecule has 6 aromatic carbocycles. The quantitative estimate of drug-likeness (QED) is 0.0831. The van der Waals surface area contributed by atoms with E-state index in [0.717, 1.165) is 34.6 Å². The summed E-state index contributed by atoms with van der Waals surface area (Å²) in [5, 5.41) is 27.7. The standard InChI is InChI=1S/C24H20F3NO4S.C23H21NO4.C2H6/c25-24(26,27)33-17-9-6-15(7-10-17)14-32-20-18-5-2-1-4-16(18)8-11-19(20)21(29)28-23(22(30)31)12-3-13-23;25-21(24-23(22(26)27)13-6-14-23)19-12-11-17-9-4-5-10-18(17)20(19)28-15-16-7-2-1-3-8-16;1-2/h1-2,4-11H,3,12-14H2,(H,28,29)(H,30,31);1-5,7-12H,6,13-15H2,(H,24,25)(H,26,27);1-2H3. The number of rotatable bonds is 13. The molecule has 328 valence electrons. The minimum absolute atomic E-state index is 0.0231. The Morgan fingerprint density at radius 2 is 0.968 bits per heavy atom. The zero-order chi connectivity index (χ0) is 45.2. The lowest BCUT2D eigenvalue weighted by atomic mass is 9.76. The third kappa shape index (κ3) is 10.9. The van der Waals surface area contributed by atoms with Crippen LogP contribution in [-0.4, -0.2) is 50.6 Å². The van der Waals surface area contributed by atoms with Crippen LogP contribution in [0.3, 0.4) is 0 Å². The molecule has 0 atom stereocenters. The summed E-state index contributed by atoms with van der Waals surface area (Å²) < 4.78 is 49.7. The Kier molecular flexibility index (Phi) is 14.7. The number of carbonyl (C=O) groups is 4. The van der Waals surface area contributed by atoms with Crippen molar-refractivity contribution in [3.8, 4) is 11.5 Å². The minimum atomic E-state index is -4.36. The van der Waals surface area contributed by atoms with Crippen molar-refractivity contribution in [2.75, 3.05) is 0 Å². The highest BCUT2D eigenvalue weighted by molar-refractivity contribution is 8.00. The highest BCUT2D eigenvalue weighted by Crippen LogP contribution is 2.39. The first-order valence-electron chi connectivity index (χ1n) is 20.6. The number of carboxylic acids is 2. The number of amides is 2. The summed E-state index contributed by atoms with van der Waals surface area (Å²) in [6.45, 7) is 4.34. The minimum Gasteiger partial charge on any atom is -0.487 e. The van der Waals surface area contributed by atoms with Crippen LogP contribution in [0, 0.1) is 0 Å². The van der Waals surface area contributed by atoms with Crippen LogP contribution in [-0.2, 0) is 22.8 Å². The molecule has 4 N–H and O–H groups in total. The molecule has 6 aromatic rings. The summed E-state index contributed by atoms with van der Waals surface area (Å²) in [6.07, 6.45) is 3.13. The molecule has 0 radical (unpaired) electrons. The second kappa shape index (κ2) is 20.1. The van der Waals surface area contributed by atoms with E-state index in [4.69, 9.17) is 9.47 Å². The smallest absolute Gasteiger partial charge is 0.446 e. The number of carboxylic acid groups (broad SMARTS) is 2. The number of nitrogens with one attached hydrogen (secondary N) is 2. The SMILES string of the molecule is CC.O=C(NC1(C(=O)O)CCC1)c1ccc2ccccc2c1OCc1ccc(SC(F)(F)F)cc1.O=C(NC1(C(=O)O)CCC1)c1ccc2ccccc2c1OCc1ccccc1. The number of fused-ring (bicyclic) bond motifs is 2. The van der Waals surface area contributed by atoms with Crippen LogP contribution in [0.15, 0.2) is 132 Å². The monoisotopic (exact) mass is 880 g/mol. The zero-order valence-corrected chi connectivity index (χ0v) is 35.5. The second-order valence-electron chi connectivity index (χ2n) is 15.0. The van der Waals surface area contributed by atoms with E-state index in [1.54, 1.807) is 30.3 Å². The number of thioether (sulfide) groups is 1. The molecule has 0 saturated heterocycles. The van der Waals surface area contributed by atoms with E-state index in [2.05, 4.69) is 10.6 Å². The number of hydrogen-bond donors (Lipinski definition) is 4. The zero-order valence-electron chi connectivity index (χ0n) is 34.7. The van der Waals surface area contributed by atoms with Crippen LogP contribution in [0.1, 0.15) is 84.2 Å². The second-order valence-corrected chi connectivity index (χ2v) is 16.1. The van der Waals surface area contributed by atoms with Gasteiger partial charge in [0.2, 0.25) is 0 Å². The first kappa shape index (κ1) is 46.0. The van der Waals surface area contributed by atoms with Crippen LogP contribution in [0.5, 0.6) is 11.5 Å². The van der Waals surface area contributed by atoms with E-state index in [9.17, 15) is 42.6 Å². The molecule has 0 heterocycles. The van der Waals surface area contributed by atoms with Crippen molar-refractivity contribution in [3.63, 3.8) is 0 Å². The summed E-state index contributed by atoms with van der Waals surface area (Å²) in [6, 6.07) is 37.4. The predicted molar refractivity (Wildman–Crippen MR) is 236 cm³/mol. The van der Waals surface area contributed by atoms with Crippen LogP contribution >= 0.6 is 11.8 Å². The molecular weight excluding hydrogens is 834 g/mol. The van der Waals surface area contributed by atoms with Gasteiger partial charge in [-0.05, 0) is 96.5 Å². The lowest BCUT2D eigenvalue weighted by molar-refractivity contribution is -0.149. The maximum atomic E-state index is 13.0. The fraction of sp³-hybridized carbons (Fsp3) is 0.265. The van der Waals surface area contributed by atoms with Crippen LogP contribution in [0.25, 0.3) is 21.5 Å². The maximum Gasteiger partial charge on any atom is 0.446 e. The Hall–Kier alpha value is -6.54. The Labute approximate surface area is 366 Å². The van der Waals surface area contributed by atoms with Gasteiger partial charge in [-0.3, -0.25) is 9.59 Å². The molecule has 10 nitrogen and oxygen atoms in total. The van der Waals surface area contributed by atoms with Gasteiger partial charge < -0.3 is 30.3 Å². The normalized spacial score (nSPS) is 14.6. The van der Waals surface area contributed by atoms with E-state index in [0.29, 0.717) is 60.3 Å². The molecule has 2 aliphatic carbocycles. The number of hydrogen-bond acceptors (Lipinski definition) is 7. The van der Waals surface area contributed by atoms with Crippen LogP contribution in [0.4, 0.5) is 13.2 Å². The number of carbonyl (C=O) groups excluding carboxylic acids is 2. The van der Waals surface area contributed by atoms with Gasteiger partial charge in [-0.25, -0.2) is 9.59 Å². The lowest BCUT2D eigenvalue weighted by Crippen LogP contribution is -2.59. The van der Waals surface area contributed by atoms with Crippen molar-refractivity contribution in [2.45, 2.75) is 87.1 Å². The number of alkyl halides is 3. The maximum absolute atomic E-state index is 13.0. The van der Waals surface area contributed by atoms with E-state index in [1.807, 2.05) is 86.6 Å². The van der Waals surface area contributed by atoms with Gasteiger partial charge in [-0.2, -0.15) is 13.2 Å². The molecule has 2 aliphatic rings. The summed E-state index contributed by atoms with van der Waals surface area (Å²) in [4.78, 5) is 49.4. The first-order chi connectivity index (χ1) is 30.3. The number of benzene rings is 6. The van der Waals surface area contributed by atoms with Crippen molar-refractivity contribution >= 4 is 57.1 Å². The molecular formula is C49H47F3N2O8S. The molecule has 2 amide bonds. The fourth-order valence-corrected chi connectivity index (χ4v) is 7.78. The van der Waals surface area contributed by atoms with Gasteiger partial charge in [-0.1, -0.05) is 117 Å². The fourth-order valence-electron chi connectivity index (χ4n) is 7.24. The van der Waals surface area contributed by atoms with E-state index < -0.39 is 40.3 Å². The summed E-state index contributed by atoms with van der Waals surface area (Å²) in [5.41, 5.74) is -4.64. The van der Waals surface area contributed by atoms with E-state index >= 15 is 0 Å². The Morgan fingerprint density at radius 3 is 1.35 bits per heavy atom. The predicted octanol–water partition coefficient (Wildman–Crippen LogP) is 10.9. The Bertz CT molecular complexity index is 2580. The summed E-state index contributed by atoms with van der Waals surface area (Å²) >= 11 is -0.194. The van der Waals surface area contributed by atoms with Gasteiger partial charge in [0, 0.05) is 15.7 Å². The van der Waals surface area contributed by atoms with Crippen molar-refractivity contribution in [2.24, 2.45) is 0 Å². The third-order valence-corrected chi connectivity index (χ3v) is 11.7. The van der Waals surface area contributed by atoms with Crippen molar-refractivity contribution in [1.82, 2.24) is 10.6 Å². The molecule has 14 heteroatoms. The molecule has 0 aliphatic heterocycles. The number of halogens is 3. The average molecular weight is 881 g/mol. The van der Waals surface area contributed by atoms with Gasteiger partial charge in [0.05, 0.1) is 11.1 Å². The van der Waals surface area contributed by atoms with Gasteiger partial charge in [-0.15, -0.1) is 0 Å². The average Bonchev–Trinajstić information content (AvgIpc) is 3.25. The van der Waals surface area contributed by atoms with Crippen molar-refractivity contribution < 1.29 is 52.0 Å². The molecule has 0 spiro atoms.